The Morgan fingerprint density at radius 3 is 2.35 bits per heavy atom. The van der Waals surface area contributed by atoms with E-state index in [2.05, 4.69) is 115 Å². The fraction of sp³-hybridized carbons (Fsp3) is 0.143. The molecule has 0 bridgehead atoms. The van der Waals surface area contributed by atoms with E-state index >= 15 is 4.57 Å². The zero-order valence-electron chi connectivity index (χ0n) is 17.4. The van der Waals surface area contributed by atoms with Crippen LogP contribution in [-0.2, 0) is 4.57 Å². The monoisotopic (exact) mass is 421 g/mol. The topological polar surface area (TPSA) is 20.3 Å². The minimum atomic E-state index is -2.96. The van der Waals surface area contributed by atoms with Crippen LogP contribution in [0.3, 0.4) is 0 Å². The van der Waals surface area contributed by atoms with Crippen molar-refractivity contribution in [2.75, 3.05) is 7.05 Å². The van der Waals surface area contributed by atoms with Crippen molar-refractivity contribution < 1.29 is 4.57 Å². The number of rotatable bonds is 2. The SMILES string of the molecule is CN1[C@@H](c2ccccc2)[C@H]2C=Cc3ccccc3[C@@H]2[P@]1(=O)c1cccc2ccccc12. The first-order valence-electron chi connectivity index (χ1n) is 10.8. The maximum absolute atomic E-state index is 15.4. The zero-order valence-corrected chi connectivity index (χ0v) is 18.3. The van der Waals surface area contributed by atoms with E-state index in [0.29, 0.717) is 0 Å². The molecule has 1 saturated heterocycles. The van der Waals surface area contributed by atoms with Gasteiger partial charge in [0.2, 0.25) is 0 Å². The van der Waals surface area contributed by atoms with Crippen LogP contribution in [0.2, 0.25) is 0 Å². The maximum atomic E-state index is 15.4. The first-order chi connectivity index (χ1) is 15.2. The van der Waals surface area contributed by atoms with Gasteiger partial charge in [0.1, 0.15) is 0 Å². The lowest BCUT2D eigenvalue weighted by Crippen LogP contribution is -2.22. The van der Waals surface area contributed by atoms with Crippen LogP contribution >= 0.6 is 7.29 Å². The fourth-order valence-corrected chi connectivity index (χ4v) is 9.56. The van der Waals surface area contributed by atoms with Crippen molar-refractivity contribution in [1.29, 1.82) is 0 Å². The smallest absolute Gasteiger partial charge is 0.187 e. The van der Waals surface area contributed by atoms with E-state index in [9.17, 15) is 0 Å². The quantitative estimate of drug-likeness (QED) is 0.331. The van der Waals surface area contributed by atoms with Crippen molar-refractivity contribution in [3.05, 3.63) is 120 Å². The summed E-state index contributed by atoms with van der Waals surface area (Å²) in [4.78, 5) is 0. The lowest BCUT2D eigenvalue weighted by Gasteiger charge is -2.30. The predicted octanol–water partition coefficient (Wildman–Crippen LogP) is 6.81. The van der Waals surface area contributed by atoms with Crippen molar-refractivity contribution in [1.82, 2.24) is 4.67 Å². The van der Waals surface area contributed by atoms with Gasteiger partial charge in [-0.25, -0.2) is 4.67 Å². The summed E-state index contributed by atoms with van der Waals surface area (Å²) >= 11 is 0. The lowest BCUT2D eigenvalue weighted by molar-refractivity contribution is 0.357. The van der Waals surface area contributed by atoms with Crippen molar-refractivity contribution >= 4 is 29.4 Å². The molecule has 2 aliphatic rings. The molecule has 0 spiro atoms. The van der Waals surface area contributed by atoms with E-state index in [0.717, 1.165) is 16.1 Å². The summed E-state index contributed by atoms with van der Waals surface area (Å²) in [7, 11) is -0.898. The summed E-state index contributed by atoms with van der Waals surface area (Å²) in [6.07, 6.45) is 4.52. The van der Waals surface area contributed by atoms with Gasteiger partial charge in [-0.3, -0.25) is 0 Å². The van der Waals surface area contributed by atoms with E-state index in [1.54, 1.807) is 0 Å². The second kappa shape index (κ2) is 7.05. The molecule has 152 valence electrons. The van der Waals surface area contributed by atoms with Gasteiger partial charge in [0.05, 0.1) is 5.66 Å². The van der Waals surface area contributed by atoms with Gasteiger partial charge in [-0.15, -0.1) is 0 Å². The van der Waals surface area contributed by atoms with Crippen molar-refractivity contribution in [2.24, 2.45) is 5.92 Å². The maximum Gasteiger partial charge on any atom is 0.187 e. The van der Waals surface area contributed by atoms with E-state index in [4.69, 9.17) is 0 Å². The molecule has 1 aliphatic heterocycles. The van der Waals surface area contributed by atoms with Gasteiger partial charge in [-0.1, -0.05) is 103 Å². The Hall–Kier alpha value is -2.93. The molecule has 0 unspecified atom stereocenters. The molecule has 1 fully saturated rings. The summed E-state index contributed by atoms with van der Waals surface area (Å²) in [5.74, 6) is 0.159. The number of hydrogen-bond acceptors (Lipinski definition) is 1. The molecular formula is C28H24NOP. The van der Waals surface area contributed by atoms with Crippen LogP contribution in [0.25, 0.3) is 16.8 Å². The fourth-order valence-electron chi connectivity index (χ4n) is 5.68. The number of benzene rings is 4. The molecule has 31 heavy (non-hydrogen) atoms. The number of nitrogens with zero attached hydrogens (tertiary/aromatic N) is 1. The van der Waals surface area contributed by atoms with Crippen LogP contribution in [0.4, 0.5) is 0 Å². The zero-order chi connectivity index (χ0) is 21.0. The molecule has 0 saturated carbocycles. The second-order valence-electron chi connectivity index (χ2n) is 8.56. The third-order valence-electron chi connectivity index (χ3n) is 7.04. The molecule has 6 rings (SSSR count). The first-order valence-corrected chi connectivity index (χ1v) is 12.6. The first kappa shape index (κ1) is 18.8. The molecule has 1 heterocycles. The Labute approximate surface area is 183 Å². The Kier molecular flexibility index (Phi) is 4.28. The predicted molar refractivity (Wildman–Crippen MR) is 130 cm³/mol. The highest BCUT2D eigenvalue weighted by Crippen LogP contribution is 2.75. The third kappa shape index (κ3) is 2.65. The van der Waals surface area contributed by atoms with E-state index < -0.39 is 7.29 Å². The van der Waals surface area contributed by atoms with Crippen molar-refractivity contribution in [2.45, 2.75) is 11.7 Å². The minimum Gasteiger partial charge on any atom is -0.301 e. The summed E-state index contributed by atoms with van der Waals surface area (Å²) in [5, 5.41) is 3.22. The van der Waals surface area contributed by atoms with E-state index in [-0.39, 0.29) is 17.6 Å². The van der Waals surface area contributed by atoms with Gasteiger partial charge < -0.3 is 4.57 Å². The van der Waals surface area contributed by atoms with Gasteiger partial charge >= 0.3 is 0 Å². The van der Waals surface area contributed by atoms with Crippen LogP contribution < -0.4 is 5.30 Å². The highest BCUT2D eigenvalue weighted by atomic mass is 31.2. The summed E-state index contributed by atoms with van der Waals surface area (Å²) in [6, 6.07) is 33.7. The van der Waals surface area contributed by atoms with Gasteiger partial charge in [0.15, 0.2) is 7.29 Å². The Morgan fingerprint density at radius 2 is 1.48 bits per heavy atom. The second-order valence-corrected chi connectivity index (χ2v) is 11.5. The van der Waals surface area contributed by atoms with Crippen LogP contribution in [-0.4, -0.2) is 11.7 Å². The van der Waals surface area contributed by atoms with Gasteiger partial charge in [0, 0.05) is 17.3 Å². The molecule has 3 heteroatoms. The molecule has 0 aromatic heterocycles. The number of fused-ring (bicyclic) bond motifs is 4. The van der Waals surface area contributed by atoms with Crippen LogP contribution in [0.1, 0.15) is 28.4 Å². The summed E-state index contributed by atoms with van der Waals surface area (Å²) < 4.78 is 17.6. The summed E-state index contributed by atoms with van der Waals surface area (Å²) in [5.41, 5.74) is 3.56. The Morgan fingerprint density at radius 1 is 0.774 bits per heavy atom. The molecule has 4 aromatic rings. The molecule has 4 aromatic carbocycles. The van der Waals surface area contributed by atoms with Crippen molar-refractivity contribution in [3.8, 4) is 0 Å². The highest BCUT2D eigenvalue weighted by Gasteiger charge is 2.57. The largest absolute Gasteiger partial charge is 0.301 e. The normalized spacial score (nSPS) is 27.2. The van der Waals surface area contributed by atoms with Crippen LogP contribution in [0.15, 0.2) is 103 Å². The Balaban J connectivity index is 1.65. The average molecular weight is 421 g/mol. The molecule has 0 radical (unpaired) electrons. The third-order valence-corrected chi connectivity index (χ3v) is 10.7. The van der Waals surface area contributed by atoms with E-state index in [1.165, 1.54) is 16.7 Å². The lowest BCUT2D eigenvalue weighted by atomic mass is 9.82. The molecule has 0 amide bonds. The van der Waals surface area contributed by atoms with Gasteiger partial charge in [-0.2, -0.15) is 0 Å². The molecule has 4 atom stereocenters. The van der Waals surface area contributed by atoms with Gasteiger partial charge in [-0.05, 0) is 40.6 Å². The molecular weight excluding hydrogens is 397 g/mol. The van der Waals surface area contributed by atoms with Crippen LogP contribution in [0, 0.1) is 5.92 Å². The highest BCUT2D eigenvalue weighted by molar-refractivity contribution is 7.70. The van der Waals surface area contributed by atoms with E-state index in [1.807, 2.05) is 6.07 Å². The molecule has 2 nitrogen and oxygen atoms in total. The minimum absolute atomic E-state index is 0.0605. The van der Waals surface area contributed by atoms with Crippen molar-refractivity contribution in [3.63, 3.8) is 0 Å². The molecule has 1 aliphatic carbocycles. The van der Waals surface area contributed by atoms with Gasteiger partial charge in [0.25, 0.3) is 0 Å². The average Bonchev–Trinajstić information content (AvgIpc) is 3.07. The summed E-state index contributed by atoms with van der Waals surface area (Å²) in [6.45, 7) is 0. The standard InChI is InChI=1S/C28H24NOP/c1-29-27(22-12-3-2-4-13-22)25-19-18-21-11-6-8-16-24(21)28(25)31(29,30)26-17-9-14-20-10-5-7-15-23(20)26/h2-19,25,27-28H,1H3/t25-,27+,28+,31-/m1/s1. The van der Waals surface area contributed by atoms with Crippen LogP contribution in [0.5, 0.6) is 0 Å². The number of hydrogen-bond donors (Lipinski definition) is 0. The Bertz CT molecular complexity index is 1350. The molecule has 0 N–H and O–H groups in total.